The molecule has 154 valence electrons. The Morgan fingerprint density at radius 1 is 1.07 bits per heavy atom. The standard InChI is InChI=1S/C22H18BrNO5S/c1-24(21(26)20-8-5-11-30-20)17-7-4-3-6-15(17)22(27)29-13-18(25)14-9-10-19(28-2)16(23)12-14/h3-12H,13H2,1-2H3. The van der Waals surface area contributed by atoms with Crippen LogP contribution in [-0.4, -0.2) is 38.4 Å². The predicted octanol–water partition coefficient (Wildman–Crippen LogP) is 4.84. The molecule has 1 heterocycles. The lowest BCUT2D eigenvalue weighted by Crippen LogP contribution is -2.27. The normalized spacial score (nSPS) is 10.4. The van der Waals surface area contributed by atoms with E-state index in [1.165, 1.54) is 23.3 Å². The van der Waals surface area contributed by atoms with Gasteiger partial charge in [0.05, 0.1) is 27.7 Å². The highest BCUT2D eigenvalue weighted by molar-refractivity contribution is 9.10. The number of hydrogen-bond acceptors (Lipinski definition) is 6. The van der Waals surface area contributed by atoms with E-state index in [4.69, 9.17) is 9.47 Å². The highest BCUT2D eigenvalue weighted by atomic mass is 79.9. The van der Waals surface area contributed by atoms with Crippen molar-refractivity contribution in [2.75, 3.05) is 25.7 Å². The van der Waals surface area contributed by atoms with Gasteiger partial charge in [-0.3, -0.25) is 9.59 Å². The number of carbonyl (C=O) groups is 3. The second kappa shape index (κ2) is 9.69. The van der Waals surface area contributed by atoms with Crippen molar-refractivity contribution in [1.29, 1.82) is 0 Å². The molecule has 0 saturated carbocycles. The average Bonchev–Trinajstić information content (AvgIpc) is 3.31. The van der Waals surface area contributed by atoms with Crippen LogP contribution >= 0.6 is 27.3 Å². The van der Waals surface area contributed by atoms with E-state index >= 15 is 0 Å². The predicted molar refractivity (Wildman–Crippen MR) is 119 cm³/mol. The molecule has 6 nitrogen and oxygen atoms in total. The van der Waals surface area contributed by atoms with Gasteiger partial charge in [0.2, 0.25) is 0 Å². The minimum absolute atomic E-state index is 0.202. The zero-order chi connectivity index (χ0) is 21.7. The summed E-state index contributed by atoms with van der Waals surface area (Å²) in [5.74, 6) is -0.676. The van der Waals surface area contributed by atoms with Crippen molar-refractivity contribution < 1.29 is 23.9 Å². The molecule has 0 saturated heterocycles. The number of carbonyl (C=O) groups excluding carboxylic acids is 3. The fraction of sp³-hybridized carbons (Fsp3) is 0.136. The summed E-state index contributed by atoms with van der Waals surface area (Å²) >= 11 is 4.65. The van der Waals surface area contributed by atoms with Crippen molar-refractivity contribution in [1.82, 2.24) is 0 Å². The van der Waals surface area contributed by atoms with Crippen molar-refractivity contribution in [2.24, 2.45) is 0 Å². The summed E-state index contributed by atoms with van der Waals surface area (Å²) in [6.45, 7) is -0.422. The first-order valence-corrected chi connectivity index (χ1v) is 10.5. The van der Waals surface area contributed by atoms with Crippen LogP contribution in [0.3, 0.4) is 0 Å². The summed E-state index contributed by atoms with van der Waals surface area (Å²) in [5.41, 5.74) is 0.989. The molecule has 0 unspecified atom stereocenters. The second-order valence-corrected chi connectivity index (χ2v) is 8.01. The van der Waals surface area contributed by atoms with Crippen LogP contribution in [0.15, 0.2) is 64.5 Å². The Hall–Kier alpha value is -2.97. The van der Waals surface area contributed by atoms with Gasteiger partial charge in [0.15, 0.2) is 12.4 Å². The number of Topliss-reactive ketones (excluding diaryl/α,β-unsaturated/α-hetero) is 1. The number of ether oxygens (including phenoxy) is 2. The number of halogens is 1. The zero-order valence-corrected chi connectivity index (χ0v) is 18.7. The fourth-order valence-corrected chi connectivity index (χ4v) is 3.98. The summed E-state index contributed by atoms with van der Waals surface area (Å²) in [4.78, 5) is 39.6. The highest BCUT2D eigenvalue weighted by Crippen LogP contribution is 2.26. The topological polar surface area (TPSA) is 72.9 Å². The van der Waals surface area contributed by atoms with E-state index in [1.54, 1.807) is 61.6 Å². The Bertz CT molecular complexity index is 1080. The van der Waals surface area contributed by atoms with Crippen molar-refractivity contribution in [3.05, 3.63) is 80.5 Å². The van der Waals surface area contributed by atoms with Gasteiger partial charge in [-0.25, -0.2) is 4.79 Å². The minimum Gasteiger partial charge on any atom is -0.496 e. The van der Waals surface area contributed by atoms with Gasteiger partial charge in [-0.05, 0) is 57.7 Å². The number of nitrogens with zero attached hydrogens (tertiary/aromatic N) is 1. The number of benzene rings is 2. The molecule has 0 aliphatic heterocycles. The first-order chi connectivity index (χ1) is 14.4. The molecule has 0 fully saturated rings. The molecule has 0 aliphatic carbocycles. The van der Waals surface area contributed by atoms with Gasteiger partial charge in [-0.15, -0.1) is 11.3 Å². The molecule has 0 atom stereocenters. The van der Waals surface area contributed by atoms with Crippen molar-refractivity contribution in [3.8, 4) is 5.75 Å². The number of esters is 1. The van der Waals surface area contributed by atoms with Gasteiger partial charge in [0, 0.05) is 12.6 Å². The number of methoxy groups -OCH3 is 1. The van der Waals surface area contributed by atoms with Crippen molar-refractivity contribution >= 4 is 50.6 Å². The SMILES string of the molecule is COc1ccc(C(=O)COC(=O)c2ccccc2N(C)C(=O)c2cccs2)cc1Br. The van der Waals surface area contributed by atoms with Crippen LogP contribution in [0.2, 0.25) is 0 Å². The lowest BCUT2D eigenvalue weighted by atomic mass is 10.1. The maximum Gasteiger partial charge on any atom is 0.340 e. The van der Waals surface area contributed by atoms with Gasteiger partial charge >= 0.3 is 5.97 Å². The molecule has 30 heavy (non-hydrogen) atoms. The molecular weight excluding hydrogens is 470 g/mol. The van der Waals surface area contributed by atoms with E-state index < -0.39 is 12.6 Å². The molecule has 0 N–H and O–H groups in total. The molecule has 0 bridgehead atoms. The van der Waals surface area contributed by atoms with Crippen LogP contribution < -0.4 is 9.64 Å². The summed E-state index contributed by atoms with van der Waals surface area (Å²) < 4.78 is 11.0. The highest BCUT2D eigenvalue weighted by Gasteiger charge is 2.22. The Kier molecular flexibility index (Phi) is 7.02. The van der Waals surface area contributed by atoms with Crippen molar-refractivity contribution in [2.45, 2.75) is 0 Å². The number of rotatable bonds is 7. The monoisotopic (exact) mass is 487 g/mol. The summed E-state index contributed by atoms with van der Waals surface area (Å²) in [6.07, 6.45) is 0. The Morgan fingerprint density at radius 3 is 2.50 bits per heavy atom. The van der Waals surface area contributed by atoms with Crippen LogP contribution in [0.1, 0.15) is 30.4 Å². The van der Waals surface area contributed by atoms with Crippen LogP contribution in [0, 0.1) is 0 Å². The molecule has 0 spiro atoms. The van der Waals surface area contributed by atoms with Crippen LogP contribution in [-0.2, 0) is 4.74 Å². The number of thiophene rings is 1. The maximum atomic E-state index is 12.6. The quantitative estimate of drug-likeness (QED) is 0.352. The zero-order valence-electron chi connectivity index (χ0n) is 16.3. The van der Waals surface area contributed by atoms with Gasteiger partial charge in [0.25, 0.3) is 5.91 Å². The summed E-state index contributed by atoms with van der Waals surface area (Å²) in [6, 6.07) is 15.0. The molecule has 3 rings (SSSR count). The molecular formula is C22H18BrNO5S. The lowest BCUT2D eigenvalue weighted by molar-refractivity contribution is 0.0475. The summed E-state index contributed by atoms with van der Waals surface area (Å²) in [7, 11) is 3.12. The number of amides is 1. The second-order valence-electron chi connectivity index (χ2n) is 6.21. The smallest absolute Gasteiger partial charge is 0.340 e. The third-order valence-corrected chi connectivity index (χ3v) is 5.81. The molecule has 8 heteroatoms. The number of hydrogen-bond donors (Lipinski definition) is 0. The third-order valence-electron chi connectivity index (χ3n) is 4.33. The Labute approximate surface area is 186 Å². The van der Waals surface area contributed by atoms with Gasteiger partial charge in [-0.1, -0.05) is 18.2 Å². The molecule has 3 aromatic rings. The molecule has 1 aromatic heterocycles. The first-order valence-electron chi connectivity index (χ1n) is 8.87. The van der Waals surface area contributed by atoms with Crippen LogP contribution in [0.4, 0.5) is 5.69 Å². The van der Waals surface area contributed by atoms with E-state index in [-0.39, 0.29) is 17.3 Å². The van der Waals surface area contributed by atoms with Gasteiger partial charge in [-0.2, -0.15) is 0 Å². The third kappa shape index (κ3) is 4.77. The van der Waals surface area contributed by atoms with Gasteiger partial charge in [0.1, 0.15) is 5.75 Å². The maximum absolute atomic E-state index is 12.6. The van der Waals surface area contributed by atoms with Crippen LogP contribution in [0.25, 0.3) is 0 Å². The Morgan fingerprint density at radius 2 is 1.83 bits per heavy atom. The van der Waals surface area contributed by atoms with Crippen LogP contribution in [0.5, 0.6) is 5.75 Å². The number of para-hydroxylation sites is 1. The Balaban J connectivity index is 1.72. The van der Waals surface area contributed by atoms with E-state index in [9.17, 15) is 14.4 Å². The lowest BCUT2D eigenvalue weighted by Gasteiger charge is -2.19. The van der Waals surface area contributed by atoms with E-state index in [1.807, 2.05) is 5.38 Å². The number of anilines is 1. The van der Waals surface area contributed by atoms with E-state index in [2.05, 4.69) is 15.9 Å². The molecule has 1 amide bonds. The van der Waals surface area contributed by atoms with Gasteiger partial charge < -0.3 is 14.4 Å². The largest absolute Gasteiger partial charge is 0.496 e. The minimum atomic E-state index is -0.683. The summed E-state index contributed by atoms with van der Waals surface area (Å²) in [5, 5.41) is 1.81. The van der Waals surface area contributed by atoms with Crippen molar-refractivity contribution in [3.63, 3.8) is 0 Å². The van der Waals surface area contributed by atoms with E-state index in [0.717, 1.165) is 0 Å². The molecule has 0 radical (unpaired) electrons. The molecule has 0 aliphatic rings. The van der Waals surface area contributed by atoms with E-state index in [0.29, 0.717) is 26.4 Å². The number of ketones is 1. The fourth-order valence-electron chi connectivity index (χ4n) is 2.75. The molecule has 2 aromatic carbocycles. The first kappa shape index (κ1) is 21.7. The average molecular weight is 488 g/mol.